The highest BCUT2D eigenvalue weighted by Gasteiger charge is 2.61. The third-order valence-corrected chi connectivity index (χ3v) is 4.25. The topological polar surface area (TPSA) is 20.3 Å². The van der Waals surface area contributed by atoms with Gasteiger partial charge < -0.3 is 4.90 Å². The van der Waals surface area contributed by atoms with Crippen LogP contribution in [0, 0.1) is 11.3 Å². The predicted octanol–water partition coefficient (Wildman–Crippen LogP) is 1.80. The lowest BCUT2D eigenvalue weighted by Gasteiger charge is -2.27. The number of rotatable bonds is 1. The Balaban J connectivity index is 1.63. The SMILES string of the molecule is O=C(C1CC12CCC2)N1CCCC1. The summed E-state index contributed by atoms with van der Waals surface area (Å²) in [7, 11) is 0. The standard InChI is InChI=1S/C11H17NO/c13-10(12-6-1-2-7-12)9-8-11(9)4-3-5-11/h9H,1-8H2. The first kappa shape index (κ1) is 7.84. The van der Waals surface area contributed by atoms with Gasteiger partial charge in [-0.15, -0.1) is 0 Å². The Kier molecular flexibility index (Phi) is 1.50. The minimum Gasteiger partial charge on any atom is -0.342 e. The lowest BCUT2D eigenvalue weighted by molar-refractivity contribution is -0.132. The Morgan fingerprint density at radius 2 is 1.85 bits per heavy atom. The average Bonchev–Trinajstić information content (AvgIpc) is 2.62. The van der Waals surface area contributed by atoms with Crippen LogP contribution in [-0.4, -0.2) is 23.9 Å². The summed E-state index contributed by atoms with van der Waals surface area (Å²) in [6.45, 7) is 2.07. The van der Waals surface area contributed by atoms with E-state index >= 15 is 0 Å². The van der Waals surface area contributed by atoms with Crippen molar-refractivity contribution in [3.63, 3.8) is 0 Å². The molecule has 3 fully saturated rings. The van der Waals surface area contributed by atoms with Crippen LogP contribution < -0.4 is 0 Å². The van der Waals surface area contributed by atoms with Gasteiger partial charge in [-0.3, -0.25) is 4.79 Å². The molecule has 72 valence electrons. The Morgan fingerprint density at radius 3 is 2.31 bits per heavy atom. The second-order valence-electron chi connectivity index (χ2n) is 5.01. The first-order valence-electron chi connectivity index (χ1n) is 5.61. The molecule has 0 N–H and O–H groups in total. The quantitative estimate of drug-likeness (QED) is 0.601. The lowest BCUT2D eigenvalue weighted by Crippen LogP contribution is -2.32. The minimum absolute atomic E-state index is 0.444. The molecule has 1 spiro atoms. The van der Waals surface area contributed by atoms with Crippen molar-refractivity contribution < 1.29 is 4.79 Å². The van der Waals surface area contributed by atoms with Crippen molar-refractivity contribution >= 4 is 5.91 Å². The minimum atomic E-state index is 0.444. The zero-order chi connectivity index (χ0) is 8.89. The Labute approximate surface area is 79.3 Å². The van der Waals surface area contributed by atoms with Gasteiger partial charge in [-0.05, 0) is 37.5 Å². The van der Waals surface area contributed by atoms with Crippen molar-refractivity contribution in [1.82, 2.24) is 4.90 Å². The molecule has 0 aromatic rings. The predicted molar refractivity (Wildman–Crippen MR) is 50.2 cm³/mol. The number of nitrogens with zero attached hydrogens (tertiary/aromatic N) is 1. The first-order valence-corrected chi connectivity index (χ1v) is 5.61. The van der Waals surface area contributed by atoms with Crippen molar-refractivity contribution in [2.24, 2.45) is 11.3 Å². The summed E-state index contributed by atoms with van der Waals surface area (Å²) in [6, 6.07) is 0. The highest BCUT2D eigenvalue weighted by molar-refractivity contribution is 5.83. The molecule has 0 aromatic carbocycles. The normalized spacial score (nSPS) is 34.8. The average molecular weight is 179 g/mol. The van der Waals surface area contributed by atoms with Gasteiger partial charge in [-0.1, -0.05) is 6.42 Å². The lowest BCUT2D eigenvalue weighted by atomic mass is 9.79. The van der Waals surface area contributed by atoms with Crippen molar-refractivity contribution in [1.29, 1.82) is 0 Å². The number of carbonyl (C=O) groups is 1. The van der Waals surface area contributed by atoms with E-state index in [1.165, 1.54) is 38.5 Å². The Hall–Kier alpha value is -0.530. The molecule has 2 nitrogen and oxygen atoms in total. The van der Waals surface area contributed by atoms with E-state index in [4.69, 9.17) is 0 Å². The Morgan fingerprint density at radius 1 is 1.15 bits per heavy atom. The third kappa shape index (κ3) is 1.04. The van der Waals surface area contributed by atoms with Gasteiger partial charge in [-0.2, -0.15) is 0 Å². The fraction of sp³-hybridized carbons (Fsp3) is 0.909. The van der Waals surface area contributed by atoms with Gasteiger partial charge >= 0.3 is 0 Å². The fourth-order valence-electron chi connectivity index (χ4n) is 3.04. The van der Waals surface area contributed by atoms with E-state index in [9.17, 15) is 4.79 Å². The number of carbonyl (C=O) groups excluding carboxylic acids is 1. The van der Waals surface area contributed by atoms with Crippen LogP contribution in [0.5, 0.6) is 0 Å². The van der Waals surface area contributed by atoms with Crippen LogP contribution in [0.2, 0.25) is 0 Å². The van der Waals surface area contributed by atoms with Crippen LogP contribution >= 0.6 is 0 Å². The van der Waals surface area contributed by atoms with Crippen LogP contribution in [0.1, 0.15) is 38.5 Å². The second-order valence-corrected chi connectivity index (χ2v) is 5.01. The first-order chi connectivity index (χ1) is 6.32. The molecule has 2 saturated carbocycles. The zero-order valence-electron chi connectivity index (χ0n) is 8.09. The molecule has 0 radical (unpaired) electrons. The summed E-state index contributed by atoms with van der Waals surface area (Å²) in [5, 5.41) is 0. The molecule has 2 aliphatic carbocycles. The van der Waals surface area contributed by atoms with E-state index in [1.807, 2.05) is 0 Å². The molecule has 0 aromatic heterocycles. The molecule has 1 amide bonds. The summed E-state index contributed by atoms with van der Waals surface area (Å²) in [5.74, 6) is 0.927. The summed E-state index contributed by atoms with van der Waals surface area (Å²) in [6.07, 6.45) is 7.69. The molecule has 1 heterocycles. The van der Waals surface area contributed by atoms with Crippen LogP contribution in [0.15, 0.2) is 0 Å². The molecule has 0 bridgehead atoms. The molecule has 2 heteroatoms. The van der Waals surface area contributed by atoms with Gasteiger partial charge in [0.15, 0.2) is 0 Å². The third-order valence-electron chi connectivity index (χ3n) is 4.25. The number of hydrogen-bond acceptors (Lipinski definition) is 1. The van der Waals surface area contributed by atoms with Crippen LogP contribution in [0.4, 0.5) is 0 Å². The zero-order valence-corrected chi connectivity index (χ0v) is 8.09. The van der Waals surface area contributed by atoms with Crippen LogP contribution in [0.25, 0.3) is 0 Å². The van der Waals surface area contributed by atoms with E-state index in [-0.39, 0.29) is 0 Å². The molecule has 1 saturated heterocycles. The molecular weight excluding hydrogens is 162 g/mol. The highest BCUT2D eigenvalue weighted by atomic mass is 16.2. The van der Waals surface area contributed by atoms with Crippen molar-refractivity contribution in [3.8, 4) is 0 Å². The van der Waals surface area contributed by atoms with Crippen molar-refractivity contribution in [2.75, 3.05) is 13.1 Å². The second kappa shape index (κ2) is 2.49. The monoisotopic (exact) mass is 179 g/mol. The number of likely N-dealkylation sites (tertiary alicyclic amines) is 1. The van der Waals surface area contributed by atoms with Gasteiger partial charge in [-0.25, -0.2) is 0 Å². The molecule has 3 aliphatic rings. The Bertz CT molecular complexity index is 238. The van der Waals surface area contributed by atoms with E-state index < -0.39 is 0 Å². The molecular formula is C11H17NO. The maximum absolute atomic E-state index is 11.9. The van der Waals surface area contributed by atoms with Gasteiger partial charge in [0.05, 0.1) is 0 Å². The fourth-order valence-corrected chi connectivity index (χ4v) is 3.04. The van der Waals surface area contributed by atoms with E-state index in [0.29, 0.717) is 17.2 Å². The number of hydrogen-bond donors (Lipinski definition) is 0. The maximum atomic E-state index is 11.9. The van der Waals surface area contributed by atoms with Crippen molar-refractivity contribution in [3.05, 3.63) is 0 Å². The highest BCUT2D eigenvalue weighted by Crippen LogP contribution is 2.65. The number of amides is 1. The summed E-state index contributed by atoms with van der Waals surface area (Å²) < 4.78 is 0. The van der Waals surface area contributed by atoms with Crippen molar-refractivity contribution in [2.45, 2.75) is 38.5 Å². The van der Waals surface area contributed by atoms with Gasteiger partial charge in [0.1, 0.15) is 0 Å². The van der Waals surface area contributed by atoms with Gasteiger partial charge in [0, 0.05) is 19.0 Å². The van der Waals surface area contributed by atoms with Gasteiger partial charge in [0.25, 0.3) is 0 Å². The summed E-state index contributed by atoms with van der Waals surface area (Å²) in [5.41, 5.74) is 0.527. The molecule has 13 heavy (non-hydrogen) atoms. The summed E-state index contributed by atoms with van der Waals surface area (Å²) in [4.78, 5) is 14.0. The van der Waals surface area contributed by atoms with E-state index in [2.05, 4.69) is 4.90 Å². The molecule has 3 rings (SSSR count). The van der Waals surface area contributed by atoms with E-state index in [0.717, 1.165) is 13.1 Å². The summed E-state index contributed by atoms with van der Waals surface area (Å²) >= 11 is 0. The molecule has 1 aliphatic heterocycles. The molecule has 1 unspecified atom stereocenters. The smallest absolute Gasteiger partial charge is 0.226 e. The van der Waals surface area contributed by atoms with E-state index in [1.54, 1.807) is 0 Å². The largest absolute Gasteiger partial charge is 0.342 e. The van der Waals surface area contributed by atoms with Crippen LogP contribution in [-0.2, 0) is 4.79 Å². The maximum Gasteiger partial charge on any atom is 0.226 e. The van der Waals surface area contributed by atoms with Gasteiger partial charge in [0.2, 0.25) is 5.91 Å². The van der Waals surface area contributed by atoms with Crippen LogP contribution in [0.3, 0.4) is 0 Å². The molecule has 1 atom stereocenters.